The molecule has 1 atom stereocenters. The quantitative estimate of drug-likeness (QED) is 0.755. The summed E-state index contributed by atoms with van der Waals surface area (Å²) in [7, 11) is 0. The molecule has 1 unspecified atom stereocenters. The van der Waals surface area contributed by atoms with Crippen LogP contribution in [0.15, 0.2) is 48.5 Å². The van der Waals surface area contributed by atoms with Gasteiger partial charge in [-0.05, 0) is 30.2 Å². The first-order valence-electron chi connectivity index (χ1n) is 8.97. The minimum atomic E-state index is -0.558. The minimum Gasteiger partial charge on any atom is -0.455 e. The van der Waals surface area contributed by atoms with Gasteiger partial charge in [0, 0.05) is 30.2 Å². The van der Waals surface area contributed by atoms with Crippen LogP contribution in [0.5, 0.6) is 0 Å². The highest BCUT2D eigenvalue weighted by Crippen LogP contribution is 2.23. The minimum absolute atomic E-state index is 0.0928. The van der Waals surface area contributed by atoms with Crippen LogP contribution >= 0.6 is 11.6 Å². The number of carbonyl (C=O) groups is 3. The summed E-state index contributed by atoms with van der Waals surface area (Å²) in [6, 6.07) is 14.8. The lowest BCUT2D eigenvalue weighted by atomic mass is 10.1. The molecule has 6 nitrogen and oxygen atoms in total. The maximum atomic E-state index is 12.3. The van der Waals surface area contributed by atoms with Gasteiger partial charge in [-0.15, -0.1) is 0 Å². The fourth-order valence-corrected chi connectivity index (χ4v) is 3.24. The lowest BCUT2D eigenvalue weighted by Gasteiger charge is -2.16. The van der Waals surface area contributed by atoms with Crippen molar-refractivity contribution < 1.29 is 19.1 Å². The van der Waals surface area contributed by atoms with Crippen molar-refractivity contribution in [2.75, 3.05) is 18.5 Å². The smallest absolute Gasteiger partial charge is 0.311 e. The van der Waals surface area contributed by atoms with Crippen molar-refractivity contribution in [2.45, 2.75) is 19.9 Å². The fraction of sp³-hybridized carbons (Fsp3) is 0.286. The standard InChI is InChI=1S/C21H21ClN2O4/c1-14-17(22)8-5-9-18(14)23-19(25)13-28-21(27)16-10-20(26)24(12-16)11-15-6-3-2-4-7-15/h2-9,16H,10-13H2,1H3,(H,23,25). The van der Waals surface area contributed by atoms with Gasteiger partial charge in [0.1, 0.15) is 0 Å². The van der Waals surface area contributed by atoms with Crippen molar-refractivity contribution in [2.24, 2.45) is 5.92 Å². The van der Waals surface area contributed by atoms with Crippen LogP contribution in [0.4, 0.5) is 5.69 Å². The zero-order valence-corrected chi connectivity index (χ0v) is 16.2. The summed E-state index contributed by atoms with van der Waals surface area (Å²) in [5.74, 6) is -1.65. The van der Waals surface area contributed by atoms with Crippen LogP contribution in [0, 0.1) is 12.8 Å². The SMILES string of the molecule is Cc1c(Cl)cccc1NC(=O)COC(=O)C1CC(=O)N(Cc2ccccc2)C1. The van der Waals surface area contributed by atoms with Crippen molar-refractivity contribution in [1.29, 1.82) is 0 Å². The molecule has 0 spiro atoms. The second-order valence-corrected chi connectivity index (χ2v) is 7.14. The van der Waals surface area contributed by atoms with Gasteiger partial charge in [0.2, 0.25) is 5.91 Å². The van der Waals surface area contributed by atoms with Crippen molar-refractivity contribution in [3.8, 4) is 0 Å². The van der Waals surface area contributed by atoms with Crippen molar-refractivity contribution >= 4 is 35.1 Å². The van der Waals surface area contributed by atoms with Crippen LogP contribution in [0.25, 0.3) is 0 Å². The number of rotatable bonds is 6. The van der Waals surface area contributed by atoms with E-state index in [1.54, 1.807) is 30.0 Å². The highest BCUT2D eigenvalue weighted by molar-refractivity contribution is 6.31. The first kappa shape index (κ1) is 19.9. The summed E-state index contributed by atoms with van der Waals surface area (Å²) < 4.78 is 5.11. The van der Waals surface area contributed by atoms with E-state index in [1.807, 2.05) is 30.3 Å². The number of halogens is 1. The number of benzene rings is 2. The first-order valence-corrected chi connectivity index (χ1v) is 9.35. The number of nitrogens with one attached hydrogen (secondary N) is 1. The Morgan fingerprint density at radius 3 is 2.68 bits per heavy atom. The van der Waals surface area contributed by atoms with E-state index >= 15 is 0 Å². The van der Waals surface area contributed by atoms with E-state index in [2.05, 4.69) is 5.32 Å². The van der Waals surface area contributed by atoms with Crippen LogP contribution in [0.2, 0.25) is 5.02 Å². The number of esters is 1. The predicted octanol–water partition coefficient (Wildman–Crippen LogP) is 3.18. The van der Waals surface area contributed by atoms with Gasteiger partial charge in [-0.1, -0.05) is 48.0 Å². The van der Waals surface area contributed by atoms with Crippen LogP contribution in [0.1, 0.15) is 17.5 Å². The van der Waals surface area contributed by atoms with E-state index in [0.717, 1.165) is 11.1 Å². The van der Waals surface area contributed by atoms with Gasteiger partial charge >= 0.3 is 5.97 Å². The van der Waals surface area contributed by atoms with E-state index in [-0.39, 0.29) is 12.3 Å². The highest BCUT2D eigenvalue weighted by atomic mass is 35.5. The molecule has 7 heteroatoms. The van der Waals surface area contributed by atoms with E-state index < -0.39 is 24.4 Å². The molecule has 0 radical (unpaired) electrons. The Kier molecular flexibility index (Phi) is 6.31. The average molecular weight is 401 g/mol. The molecule has 0 aromatic heterocycles. The van der Waals surface area contributed by atoms with Gasteiger partial charge in [-0.3, -0.25) is 14.4 Å². The van der Waals surface area contributed by atoms with Crippen molar-refractivity contribution in [3.63, 3.8) is 0 Å². The number of hydrogen-bond donors (Lipinski definition) is 1. The molecule has 1 fully saturated rings. The lowest BCUT2D eigenvalue weighted by Crippen LogP contribution is -2.28. The molecule has 146 valence electrons. The second kappa shape index (κ2) is 8.89. The Morgan fingerprint density at radius 1 is 1.18 bits per heavy atom. The van der Waals surface area contributed by atoms with Crippen LogP contribution < -0.4 is 5.32 Å². The van der Waals surface area contributed by atoms with Crippen LogP contribution in [-0.2, 0) is 25.7 Å². The number of hydrogen-bond acceptors (Lipinski definition) is 4. The van der Waals surface area contributed by atoms with E-state index in [0.29, 0.717) is 23.8 Å². The molecule has 0 saturated carbocycles. The average Bonchev–Trinajstić information content (AvgIpc) is 3.05. The number of carbonyl (C=O) groups excluding carboxylic acids is 3. The molecule has 2 aromatic rings. The number of nitrogens with zero attached hydrogens (tertiary/aromatic N) is 1. The van der Waals surface area contributed by atoms with E-state index in [9.17, 15) is 14.4 Å². The Bertz CT molecular complexity index is 885. The maximum absolute atomic E-state index is 12.3. The summed E-state index contributed by atoms with van der Waals surface area (Å²) in [4.78, 5) is 38.1. The predicted molar refractivity (Wildman–Crippen MR) is 106 cm³/mol. The largest absolute Gasteiger partial charge is 0.455 e. The van der Waals surface area contributed by atoms with Crippen molar-refractivity contribution in [1.82, 2.24) is 4.90 Å². The normalized spacial score (nSPS) is 16.1. The van der Waals surface area contributed by atoms with Gasteiger partial charge in [-0.2, -0.15) is 0 Å². The Hall–Kier alpha value is -2.86. The zero-order valence-electron chi connectivity index (χ0n) is 15.5. The third-order valence-corrected chi connectivity index (χ3v) is 5.06. The maximum Gasteiger partial charge on any atom is 0.311 e. The molecule has 2 amide bonds. The highest BCUT2D eigenvalue weighted by Gasteiger charge is 2.35. The van der Waals surface area contributed by atoms with Crippen LogP contribution in [-0.4, -0.2) is 35.8 Å². The molecule has 0 bridgehead atoms. The van der Waals surface area contributed by atoms with Gasteiger partial charge in [0.05, 0.1) is 5.92 Å². The third-order valence-electron chi connectivity index (χ3n) is 4.65. The molecule has 1 heterocycles. The summed E-state index contributed by atoms with van der Waals surface area (Å²) in [6.07, 6.45) is 0.0979. The molecule has 28 heavy (non-hydrogen) atoms. The summed E-state index contributed by atoms with van der Waals surface area (Å²) >= 11 is 6.02. The number of anilines is 1. The Morgan fingerprint density at radius 2 is 1.93 bits per heavy atom. The number of ether oxygens (including phenoxy) is 1. The van der Waals surface area contributed by atoms with Gasteiger partial charge in [0.25, 0.3) is 5.91 Å². The molecule has 3 rings (SSSR count). The summed E-state index contributed by atoms with van der Waals surface area (Å²) in [5, 5.41) is 3.21. The lowest BCUT2D eigenvalue weighted by molar-refractivity contribution is -0.151. The molecule has 1 aliphatic heterocycles. The van der Waals surface area contributed by atoms with Gasteiger partial charge < -0.3 is 15.0 Å². The molecule has 1 aliphatic rings. The molecule has 1 N–H and O–H groups in total. The summed E-state index contributed by atoms with van der Waals surface area (Å²) in [5.41, 5.74) is 2.31. The van der Waals surface area contributed by atoms with Crippen LogP contribution in [0.3, 0.4) is 0 Å². The molecule has 1 saturated heterocycles. The zero-order chi connectivity index (χ0) is 20.1. The first-order chi connectivity index (χ1) is 13.4. The number of likely N-dealkylation sites (tertiary alicyclic amines) is 1. The van der Waals surface area contributed by atoms with Crippen molar-refractivity contribution in [3.05, 3.63) is 64.7 Å². The molecule has 2 aromatic carbocycles. The second-order valence-electron chi connectivity index (χ2n) is 6.73. The summed E-state index contributed by atoms with van der Waals surface area (Å²) in [6.45, 7) is 2.13. The fourth-order valence-electron chi connectivity index (χ4n) is 3.07. The Labute approximate surface area is 168 Å². The van der Waals surface area contributed by atoms with E-state index in [4.69, 9.17) is 16.3 Å². The van der Waals surface area contributed by atoms with Gasteiger partial charge in [-0.25, -0.2) is 0 Å². The number of amides is 2. The molecule has 0 aliphatic carbocycles. The Balaban J connectivity index is 1.49. The topological polar surface area (TPSA) is 75.7 Å². The third kappa shape index (κ3) is 4.89. The van der Waals surface area contributed by atoms with E-state index in [1.165, 1.54) is 0 Å². The monoisotopic (exact) mass is 400 g/mol. The molecular formula is C21H21ClN2O4. The van der Waals surface area contributed by atoms with Gasteiger partial charge in [0.15, 0.2) is 6.61 Å². The molecular weight excluding hydrogens is 380 g/mol.